The molecule has 1 atom stereocenters. The standard InChI is InChI=1S/C24H31N3O2S/c1-17(2)19-9-11-20(12-10-19)24(29)27-15-13-26(14-16-27)18(3)23(28)25-21-7-5-6-8-22(21)30-4/h5-12,17-18H,13-16H2,1-4H3,(H,25,28). The van der Waals surface area contributed by atoms with Crippen molar-refractivity contribution in [2.24, 2.45) is 0 Å². The Kier molecular flexibility index (Phi) is 7.56. The van der Waals surface area contributed by atoms with Gasteiger partial charge in [-0.1, -0.05) is 38.1 Å². The Bertz CT molecular complexity index is 874. The number of benzene rings is 2. The lowest BCUT2D eigenvalue weighted by Gasteiger charge is -2.37. The van der Waals surface area contributed by atoms with E-state index in [1.165, 1.54) is 5.56 Å². The highest BCUT2D eigenvalue weighted by Crippen LogP contribution is 2.25. The molecule has 160 valence electrons. The van der Waals surface area contributed by atoms with Crippen molar-refractivity contribution in [3.63, 3.8) is 0 Å². The van der Waals surface area contributed by atoms with Crippen molar-refractivity contribution in [1.82, 2.24) is 9.80 Å². The number of para-hydroxylation sites is 1. The van der Waals surface area contributed by atoms with E-state index in [0.29, 0.717) is 32.1 Å². The highest BCUT2D eigenvalue weighted by atomic mass is 32.2. The number of carbonyl (C=O) groups excluding carboxylic acids is 2. The molecule has 2 aromatic rings. The summed E-state index contributed by atoms with van der Waals surface area (Å²) in [5, 5.41) is 3.05. The normalized spacial score (nSPS) is 15.8. The maximum atomic E-state index is 12.8. The molecule has 1 unspecified atom stereocenters. The van der Waals surface area contributed by atoms with E-state index in [1.54, 1.807) is 11.8 Å². The van der Waals surface area contributed by atoms with Crippen LogP contribution in [-0.4, -0.2) is 60.1 Å². The van der Waals surface area contributed by atoms with Gasteiger partial charge in [0.05, 0.1) is 11.7 Å². The van der Waals surface area contributed by atoms with Crippen molar-refractivity contribution in [3.8, 4) is 0 Å². The van der Waals surface area contributed by atoms with E-state index in [-0.39, 0.29) is 17.9 Å². The molecule has 2 amide bonds. The Morgan fingerprint density at radius 3 is 2.17 bits per heavy atom. The highest BCUT2D eigenvalue weighted by Gasteiger charge is 2.28. The van der Waals surface area contributed by atoms with E-state index in [9.17, 15) is 9.59 Å². The average molecular weight is 426 g/mol. The van der Waals surface area contributed by atoms with Crippen molar-refractivity contribution in [3.05, 3.63) is 59.7 Å². The molecule has 1 fully saturated rings. The molecule has 2 aromatic carbocycles. The second-order valence-corrected chi connectivity index (χ2v) is 8.82. The third-order valence-electron chi connectivity index (χ3n) is 5.72. The van der Waals surface area contributed by atoms with Gasteiger partial charge in [0.2, 0.25) is 5.91 Å². The van der Waals surface area contributed by atoms with Gasteiger partial charge in [0.1, 0.15) is 0 Å². The molecule has 1 aliphatic heterocycles. The monoisotopic (exact) mass is 425 g/mol. The van der Waals surface area contributed by atoms with Gasteiger partial charge in [-0.2, -0.15) is 0 Å². The molecule has 0 spiro atoms. The summed E-state index contributed by atoms with van der Waals surface area (Å²) in [6.07, 6.45) is 2.00. The van der Waals surface area contributed by atoms with Crippen molar-refractivity contribution < 1.29 is 9.59 Å². The van der Waals surface area contributed by atoms with Gasteiger partial charge in [-0.3, -0.25) is 14.5 Å². The predicted molar refractivity (Wildman–Crippen MR) is 124 cm³/mol. The zero-order valence-corrected chi connectivity index (χ0v) is 19.0. The lowest BCUT2D eigenvalue weighted by Crippen LogP contribution is -2.54. The molecule has 0 aliphatic carbocycles. The molecule has 0 bridgehead atoms. The van der Waals surface area contributed by atoms with E-state index in [2.05, 4.69) is 24.1 Å². The molecule has 6 heteroatoms. The fourth-order valence-electron chi connectivity index (χ4n) is 3.66. The van der Waals surface area contributed by atoms with Crippen molar-refractivity contribution in [1.29, 1.82) is 0 Å². The maximum Gasteiger partial charge on any atom is 0.253 e. The lowest BCUT2D eigenvalue weighted by molar-refractivity contribution is -0.121. The average Bonchev–Trinajstić information content (AvgIpc) is 2.78. The summed E-state index contributed by atoms with van der Waals surface area (Å²) in [6, 6.07) is 15.5. The lowest BCUT2D eigenvalue weighted by atomic mass is 10.0. The van der Waals surface area contributed by atoms with Gasteiger partial charge in [0, 0.05) is 36.6 Å². The summed E-state index contributed by atoms with van der Waals surface area (Å²) in [7, 11) is 0. The molecular formula is C24H31N3O2S. The number of anilines is 1. The van der Waals surface area contributed by atoms with E-state index in [4.69, 9.17) is 0 Å². The molecular weight excluding hydrogens is 394 g/mol. The van der Waals surface area contributed by atoms with Crippen molar-refractivity contribution in [2.75, 3.05) is 37.8 Å². The van der Waals surface area contributed by atoms with Crippen LogP contribution in [0.4, 0.5) is 5.69 Å². The zero-order valence-electron chi connectivity index (χ0n) is 18.2. The maximum absolute atomic E-state index is 12.8. The number of piperazine rings is 1. The molecule has 30 heavy (non-hydrogen) atoms. The molecule has 0 aromatic heterocycles. The SMILES string of the molecule is CSc1ccccc1NC(=O)C(C)N1CCN(C(=O)c2ccc(C(C)C)cc2)CC1. The van der Waals surface area contributed by atoms with Crippen LogP contribution >= 0.6 is 11.8 Å². The smallest absolute Gasteiger partial charge is 0.253 e. The Labute approximate surface area is 183 Å². The number of hydrogen-bond donors (Lipinski definition) is 1. The predicted octanol–water partition coefficient (Wildman–Crippen LogP) is 4.32. The fourth-order valence-corrected chi connectivity index (χ4v) is 4.21. The summed E-state index contributed by atoms with van der Waals surface area (Å²) < 4.78 is 0. The van der Waals surface area contributed by atoms with Crippen LogP contribution in [0.25, 0.3) is 0 Å². The largest absolute Gasteiger partial charge is 0.336 e. The van der Waals surface area contributed by atoms with Crippen LogP contribution in [0.1, 0.15) is 42.6 Å². The minimum absolute atomic E-state index is 0.0134. The number of nitrogens with one attached hydrogen (secondary N) is 1. The van der Waals surface area contributed by atoms with Gasteiger partial charge < -0.3 is 10.2 Å². The van der Waals surface area contributed by atoms with Crippen LogP contribution < -0.4 is 5.32 Å². The Morgan fingerprint density at radius 1 is 0.933 bits per heavy atom. The quantitative estimate of drug-likeness (QED) is 0.701. The number of nitrogens with zero attached hydrogens (tertiary/aromatic N) is 2. The van der Waals surface area contributed by atoms with Gasteiger partial charge in [0.25, 0.3) is 5.91 Å². The second kappa shape index (κ2) is 10.1. The number of rotatable bonds is 6. The first-order valence-electron chi connectivity index (χ1n) is 10.5. The van der Waals surface area contributed by atoms with Crippen LogP contribution in [-0.2, 0) is 4.79 Å². The van der Waals surface area contributed by atoms with Crippen LogP contribution in [0.15, 0.2) is 53.4 Å². The molecule has 5 nitrogen and oxygen atoms in total. The molecule has 1 saturated heterocycles. The summed E-state index contributed by atoms with van der Waals surface area (Å²) in [4.78, 5) is 30.7. The number of amides is 2. The van der Waals surface area contributed by atoms with Gasteiger partial charge in [-0.25, -0.2) is 0 Å². The van der Waals surface area contributed by atoms with Crippen LogP contribution in [0.2, 0.25) is 0 Å². The van der Waals surface area contributed by atoms with E-state index >= 15 is 0 Å². The highest BCUT2D eigenvalue weighted by molar-refractivity contribution is 7.98. The summed E-state index contributed by atoms with van der Waals surface area (Å²) in [5.74, 6) is 0.504. The molecule has 0 radical (unpaired) electrons. The van der Waals surface area contributed by atoms with E-state index < -0.39 is 0 Å². The third kappa shape index (κ3) is 5.24. The first kappa shape index (κ1) is 22.4. The van der Waals surface area contributed by atoms with Crippen molar-refractivity contribution >= 4 is 29.3 Å². The summed E-state index contributed by atoms with van der Waals surface area (Å²) in [6.45, 7) is 8.86. The van der Waals surface area contributed by atoms with Gasteiger partial charge >= 0.3 is 0 Å². The second-order valence-electron chi connectivity index (χ2n) is 7.97. The third-order valence-corrected chi connectivity index (χ3v) is 6.51. The van der Waals surface area contributed by atoms with Gasteiger partial charge in [-0.05, 0) is 48.9 Å². The topological polar surface area (TPSA) is 52.7 Å². The zero-order chi connectivity index (χ0) is 21.7. The minimum Gasteiger partial charge on any atom is -0.336 e. The molecule has 1 aliphatic rings. The Balaban J connectivity index is 1.55. The molecule has 3 rings (SSSR count). The minimum atomic E-state index is -0.248. The first-order valence-corrected chi connectivity index (χ1v) is 11.7. The van der Waals surface area contributed by atoms with Gasteiger partial charge in [-0.15, -0.1) is 11.8 Å². The number of thioether (sulfide) groups is 1. The van der Waals surface area contributed by atoms with Crippen LogP contribution in [0.5, 0.6) is 0 Å². The van der Waals surface area contributed by atoms with Crippen molar-refractivity contribution in [2.45, 2.75) is 37.6 Å². The van der Waals surface area contributed by atoms with Crippen LogP contribution in [0, 0.1) is 0 Å². The summed E-state index contributed by atoms with van der Waals surface area (Å²) >= 11 is 1.62. The van der Waals surface area contributed by atoms with E-state index in [0.717, 1.165) is 16.1 Å². The Hall–Kier alpha value is -2.31. The van der Waals surface area contributed by atoms with E-state index in [1.807, 2.05) is 66.6 Å². The molecule has 1 N–H and O–H groups in total. The number of hydrogen-bond acceptors (Lipinski definition) is 4. The first-order chi connectivity index (χ1) is 14.4. The van der Waals surface area contributed by atoms with Crippen LogP contribution in [0.3, 0.4) is 0 Å². The Morgan fingerprint density at radius 2 is 1.57 bits per heavy atom. The number of carbonyl (C=O) groups is 2. The molecule has 0 saturated carbocycles. The van der Waals surface area contributed by atoms with Gasteiger partial charge in [0.15, 0.2) is 0 Å². The molecule has 1 heterocycles. The summed E-state index contributed by atoms with van der Waals surface area (Å²) in [5.41, 5.74) is 2.81. The fraction of sp³-hybridized carbons (Fsp3) is 0.417.